The Bertz CT molecular complexity index is 525. The standard InChI is InChI=1S/C14H15NO3S/c1-2-5-17-12-4-3-11(8-16)14(6-12)18-9-13-7-15-10-19-13/h3-4,6-8,10H,2,5,9H2,1H3. The van der Waals surface area contributed by atoms with Crippen molar-refractivity contribution < 1.29 is 14.3 Å². The van der Waals surface area contributed by atoms with Gasteiger partial charge < -0.3 is 9.47 Å². The molecule has 1 aromatic carbocycles. The SMILES string of the molecule is CCCOc1ccc(C=O)c(OCc2cncs2)c1. The lowest BCUT2D eigenvalue weighted by Gasteiger charge is -2.10. The average molecular weight is 277 g/mol. The second-order valence-electron chi connectivity index (χ2n) is 3.92. The maximum Gasteiger partial charge on any atom is 0.153 e. The predicted molar refractivity (Wildman–Crippen MR) is 74.1 cm³/mol. The van der Waals surface area contributed by atoms with Gasteiger partial charge in [-0.1, -0.05) is 6.92 Å². The average Bonchev–Trinajstić information content (AvgIpc) is 2.96. The van der Waals surface area contributed by atoms with Crippen LogP contribution in [0.4, 0.5) is 0 Å². The van der Waals surface area contributed by atoms with Crippen LogP contribution in [-0.2, 0) is 6.61 Å². The molecule has 0 aliphatic heterocycles. The summed E-state index contributed by atoms with van der Waals surface area (Å²) in [6, 6.07) is 5.24. The van der Waals surface area contributed by atoms with Crippen molar-refractivity contribution in [2.75, 3.05) is 6.61 Å². The Morgan fingerprint density at radius 1 is 1.37 bits per heavy atom. The fourth-order valence-electron chi connectivity index (χ4n) is 1.51. The van der Waals surface area contributed by atoms with Crippen molar-refractivity contribution in [3.63, 3.8) is 0 Å². The van der Waals surface area contributed by atoms with E-state index in [0.717, 1.165) is 17.6 Å². The molecule has 0 aliphatic carbocycles. The largest absolute Gasteiger partial charge is 0.493 e. The van der Waals surface area contributed by atoms with Crippen LogP contribution in [-0.4, -0.2) is 17.9 Å². The molecule has 4 nitrogen and oxygen atoms in total. The first-order valence-electron chi connectivity index (χ1n) is 6.05. The molecule has 5 heteroatoms. The topological polar surface area (TPSA) is 48.4 Å². The van der Waals surface area contributed by atoms with Gasteiger partial charge in [0.25, 0.3) is 0 Å². The first kappa shape index (κ1) is 13.5. The Kier molecular flexibility index (Phi) is 4.92. The van der Waals surface area contributed by atoms with Gasteiger partial charge in [-0.15, -0.1) is 11.3 Å². The maximum absolute atomic E-state index is 11.0. The summed E-state index contributed by atoms with van der Waals surface area (Å²) in [5.41, 5.74) is 2.27. The number of carbonyl (C=O) groups excluding carboxylic acids is 1. The Morgan fingerprint density at radius 3 is 2.95 bits per heavy atom. The molecule has 100 valence electrons. The summed E-state index contributed by atoms with van der Waals surface area (Å²) >= 11 is 1.52. The van der Waals surface area contributed by atoms with Gasteiger partial charge in [-0.25, -0.2) is 0 Å². The molecule has 1 aromatic heterocycles. The summed E-state index contributed by atoms with van der Waals surface area (Å²) in [6.45, 7) is 3.10. The van der Waals surface area contributed by atoms with Crippen molar-refractivity contribution in [2.45, 2.75) is 20.0 Å². The van der Waals surface area contributed by atoms with Crippen LogP contribution in [0.5, 0.6) is 11.5 Å². The van der Waals surface area contributed by atoms with Crippen molar-refractivity contribution in [2.24, 2.45) is 0 Å². The minimum absolute atomic E-state index is 0.405. The Balaban J connectivity index is 2.09. The molecular formula is C14H15NO3S. The summed E-state index contributed by atoms with van der Waals surface area (Å²) < 4.78 is 11.2. The third kappa shape index (κ3) is 3.79. The molecule has 2 rings (SSSR count). The van der Waals surface area contributed by atoms with Crippen molar-refractivity contribution in [3.05, 3.63) is 40.3 Å². The van der Waals surface area contributed by atoms with Gasteiger partial charge in [-0.05, 0) is 18.6 Å². The third-order valence-corrected chi connectivity index (χ3v) is 3.19. The van der Waals surface area contributed by atoms with E-state index in [1.54, 1.807) is 29.9 Å². The number of hydrogen-bond acceptors (Lipinski definition) is 5. The lowest BCUT2D eigenvalue weighted by molar-refractivity contribution is 0.111. The molecule has 0 aliphatic rings. The quantitative estimate of drug-likeness (QED) is 0.728. The number of carbonyl (C=O) groups is 1. The highest BCUT2D eigenvalue weighted by Gasteiger charge is 2.06. The number of aldehydes is 1. The van der Waals surface area contributed by atoms with Crippen molar-refractivity contribution in [1.82, 2.24) is 4.98 Å². The summed E-state index contributed by atoms with van der Waals surface area (Å²) in [4.78, 5) is 16.0. The molecule has 2 aromatic rings. The second-order valence-corrected chi connectivity index (χ2v) is 4.89. The smallest absolute Gasteiger partial charge is 0.153 e. The van der Waals surface area contributed by atoms with Gasteiger partial charge in [-0.3, -0.25) is 9.78 Å². The molecule has 0 saturated heterocycles. The molecule has 1 heterocycles. The van der Waals surface area contributed by atoms with Crippen LogP contribution in [0.15, 0.2) is 29.9 Å². The number of ether oxygens (including phenoxy) is 2. The maximum atomic E-state index is 11.0. The van der Waals surface area contributed by atoms with Crippen LogP contribution in [0.1, 0.15) is 28.6 Å². The second kappa shape index (κ2) is 6.89. The number of thiazole rings is 1. The summed E-state index contributed by atoms with van der Waals surface area (Å²) in [5.74, 6) is 1.25. The predicted octanol–water partition coefficient (Wildman–Crippen LogP) is 3.32. The molecule has 0 saturated carbocycles. The fourth-order valence-corrected chi connectivity index (χ4v) is 2.01. The van der Waals surface area contributed by atoms with Gasteiger partial charge in [0, 0.05) is 12.3 Å². The summed E-state index contributed by atoms with van der Waals surface area (Å²) in [6.07, 6.45) is 3.47. The molecule has 19 heavy (non-hydrogen) atoms. The van der Waals surface area contributed by atoms with E-state index in [1.165, 1.54) is 11.3 Å². The Morgan fingerprint density at radius 2 is 2.26 bits per heavy atom. The molecule has 0 spiro atoms. The van der Waals surface area contributed by atoms with E-state index >= 15 is 0 Å². The molecule has 0 radical (unpaired) electrons. The lowest BCUT2D eigenvalue weighted by atomic mass is 10.2. The molecule has 0 fully saturated rings. The van der Waals surface area contributed by atoms with E-state index in [4.69, 9.17) is 9.47 Å². The van der Waals surface area contributed by atoms with Gasteiger partial charge in [0.15, 0.2) is 6.29 Å². The van der Waals surface area contributed by atoms with Gasteiger partial charge in [-0.2, -0.15) is 0 Å². The van der Waals surface area contributed by atoms with E-state index in [2.05, 4.69) is 4.98 Å². The zero-order chi connectivity index (χ0) is 13.5. The van der Waals surface area contributed by atoms with E-state index in [-0.39, 0.29) is 0 Å². The summed E-state index contributed by atoms with van der Waals surface area (Å²) in [5, 5.41) is 0. The van der Waals surface area contributed by atoms with Crippen LogP contribution < -0.4 is 9.47 Å². The molecule has 0 bridgehead atoms. The highest BCUT2D eigenvalue weighted by molar-refractivity contribution is 7.09. The van der Waals surface area contributed by atoms with Gasteiger partial charge in [0.2, 0.25) is 0 Å². The Labute approximate surface area is 116 Å². The minimum Gasteiger partial charge on any atom is -0.493 e. The van der Waals surface area contributed by atoms with E-state index in [9.17, 15) is 4.79 Å². The zero-order valence-electron chi connectivity index (χ0n) is 10.7. The lowest BCUT2D eigenvalue weighted by Crippen LogP contribution is -1.99. The molecule has 0 N–H and O–H groups in total. The minimum atomic E-state index is 0.405. The van der Waals surface area contributed by atoms with Crippen LogP contribution >= 0.6 is 11.3 Å². The third-order valence-electron chi connectivity index (χ3n) is 2.44. The monoisotopic (exact) mass is 277 g/mol. The van der Waals surface area contributed by atoms with Crippen molar-refractivity contribution in [1.29, 1.82) is 0 Å². The Hall–Kier alpha value is -1.88. The first-order valence-corrected chi connectivity index (χ1v) is 6.93. The number of aromatic nitrogens is 1. The zero-order valence-corrected chi connectivity index (χ0v) is 11.5. The van der Waals surface area contributed by atoms with Crippen LogP contribution in [0.3, 0.4) is 0 Å². The van der Waals surface area contributed by atoms with E-state index in [0.29, 0.717) is 30.3 Å². The number of rotatable bonds is 7. The highest BCUT2D eigenvalue weighted by Crippen LogP contribution is 2.25. The van der Waals surface area contributed by atoms with Gasteiger partial charge in [0.05, 0.1) is 22.6 Å². The molecule has 0 atom stereocenters. The first-order chi connectivity index (χ1) is 9.33. The fraction of sp³-hybridized carbons (Fsp3) is 0.286. The molecule has 0 amide bonds. The van der Waals surface area contributed by atoms with Gasteiger partial charge >= 0.3 is 0 Å². The van der Waals surface area contributed by atoms with E-state index < -0.39 is 0 Å². The van der Waals surface area contributed by atoms with Crippen LogP contribution in [0.2, 0.25) is 0 Å². The number of benzene rings is 1. The van der Waals surface area contributed by atoms with Crippen molar-refractivity contribution >= 4 is 17.6 Å². The van der Waals surface area contributed by atoms with Crippen LogP contribution in [0, 0.1) is 0 Å². The van der Waals surface area contributed by atoms with Crippen molar-refractivity contribution in [3.8, 4) is 11.5 Å². The highest BCUT2D eigenvalue weighted by atomic mass is 32.1. The molecular weight excluding hydrogens is 262 g/mol. The molecule has 0 unspecified atom stereocenters. The number of nitrogens with zero attached hydrogens (tertiary/aromatic N) is 1. The van der Waals surface area contributed by atoms with Gasteiger partial charge in [0.1, 0.15) is 18.1 Å². The van der Waals surface area contributed by atoms with Crippen LogP contribution in [0.25, 0.3) is 0 Å². The van der Waals surface area contributed by atoms with E-state index in [1.807, 2.05) is 6.92 Å². The summed E-state index contributed by atoms with van der Waals surface area (Å²) in [7, 11) is 0. The normalized spacial score (nSPS) is 10.2. The number of hydrogen-bond donors (Lipinski definition) is 0.